The highest BCUT2D eigenvalue weighted by Gasteiger charge is 2.25. The first-order valence-electron chi connectivity index (χ1n) is 7.75. The van der Waals surface area contributed by atoms with Crippen LogP contribution in [0.5, 0.6) is 0 Å². The molecule has 7 nitrogen and oxygen atoms in total. The maximum atomic E-state index is 5.47. The average molecular weight is 322 g/mol. The zero-order valence-corrected chi connectivity index (χ0v) is 13.8. The molecule has 0 spiro atoms. The number of rotatable bonds is 6. The summed E-state index contributed by atoms with van der Waals surface area (Å²) in [7, 11) is 0. The van der Waals surface area contributed by atoms with Gasteiger partial charge in [0.05, 0.1) is 6.04 Å². The lowest BCUT2D eigenvalue weighted by Gasteiger charge is -2.27. The Labute approximate surface area is 134 Å². The molecule has 0 unspecified atom stereocenters. The van der Waals surface area contributed by atoms with Crippen LogP contribution in [0, 0.1) is 5.92 Å². The lowest BCUT2D eigenvalue weighted by molar-refractivity contribution is 0.285. The zero-order chi connectivity index (χ0) is 15.4. The third-order valence-corrected chi connectivity index (χ3v) is 4.89. The number of aromatic amines is 1. The van der Waals surface area contributed by atoms with Gasteiger partial charge in [-0.1, -0.05) is 19.0 Å². The van der Waals surface area contributed by atoms with Crippen molar-refractivity contribution < 1.29 is 4.52 Å². The fourth-order valence-electron chi connectivity index (χ4n) is 2.65. The van der Waals surface area contributed by atoms with E-state index in [2.05, 4.69) is 44.5 Å². The van der Waals surface area contributed by atoms with E-state index in [1.807, 2.05) is 11.8 Å². The Bertz CT molecular complexity index is 564. The van der Waals surface area contributed by atoms with Gasteiger partial charge in [-0.25, -0.2) is 4.98 Å². The summed E-state index contributed by atoms with van der Waals surface area (Å²) in [6, 6.07) is 0.607. The zero-order valence-electron chi connectivity index (χ0n) is 13.0. The molecular formula is C14H22N6OS. The minimum atomic E-state index is 0.0906. The molecule has 2 atom stereocenters. The molecule has 3 rings (SSSR count). The van der Waals surface area contributed by atoms with E-state index in [9.17, 15) is 0 Å². The fourth-order valence-corrected chi connectivity index (χ4v) is 3.74. The quantitative estimate of drug-likeness (QED) is 0.843. The molecule has 22 heavy (non-hydrogen) atoms. The normalized spacial score (nSPS) is 20.4. The van der Waals surface area contributed by atoms with Crippen molar-refractivity contribution in [2.24, 2.45) is 5.92 Å². The Hall–Kier alpha value is -1.41. The van der Waals surface area contributed by atoms with Crippen molar-refractivity contribution in [2.45, 2.75) is 45.2 Å². The molecule has 1 aliphatic rings. The van der Waals surface area contributed by atoms with Gasteiger partial charge in [-0.05, 0) is 30.9 Å². The van der Waals surface area contributed by atoms with E-state index >= 15 is 0 Å². The third-order valence-electron chi connectivity index (χ3n) is 3.67. The van der Waals surface area contributed by atoms with Crippen LogP contribution in [-0.2, 0) is 0 Å². The van der Waals surface area contributed by atoms with Crippen molar-refractivity contribution in [1.82, 2.24) is 30.6 Å². The summed E-state index contributed by atoms with van der Waals surface area (Å²) < 4.78 is 5.47. The van der Waals surface area contributed by atoms with Gasteiger partial charge in [0.25, 0.3) is 0 Å². The van der Waals surface area contributed by atoms with Crippen LogP contribution in [0.25, 0.3) is 11.6 Å². The minimum absolute atomic E-state index is 0.0906. The highest BCUT2D eigenvalue weighted by molar-refractivity contribution is 7.99. The topological polar surface area (TPSA) is 92.5 Å². The first-order chi connectivity index (χ1) is 10.7. The second-order valence-electron chi connectivity index (χ2n) is 6.05. The van der Waals surface area contributed by atoms with Gasteiger partial charge in [-0.3, -0.25) is 5.10 Å². The molecule has 8 heteroatoms. The minimum Gasteiger partial charge on any atom is -0.337 e. The molecule has 1 fully saturated rings. The first kappa shape index (κ1) is 15.5. The molecule has 0 radical (unpaired) electrons. The Kier molecular flexibility index (Phi) is 5.09. The van der Waals surface area contributed by atoms with Gasteiger partial charge in [0.15, 0.2) is 5.82 Å². The number of hydrogen-bond donors (Lipinski definition) is 2. The summed E-state index contributed by atoms with van der Waals surface area (Å²) in [5, 5.41) is 14.3. The van der Waals surface area contributed by atoms with Crippen molar-refractivity contribution in [3.63, 3.8) is 0 Å². The van der Waals surface area contributed by atoms with Crippen LogP contribution in [0.3, 0.4) is 0 Å². The molecule has 0 aliphatic carbocycles. The van der Waals surface area contributed by atoms with Crippen LogP contribution in [0.15, 0.2) is 10.9 Å². The van der Waals surface area contributed by atoms with Crippen LogP contribution in [0.1, 0.15) is 45.0 Å². The molecule has 0 amide bonds. The van der Waals surface area contributed by atoms with E-state index in [1.54, 1.807) is 0 Å². The Morgan fingerprint density at radius 3 is 3.09 bits per heavy atom. The van der Waals surface area contributed by atoms with Crippen molar-refractivity contribution >= 4 is 11.8 Å². The van der Waals surface area contributed by atoms with Gasteiger partial charge in [0.2, 0.25) is 11.7 Å². The Morgan fingerprint density at radius 2 is 2.41 bits per heavy atom. The number of nitrogens with one attached hydrogen (secondary N) is 2. The molecule has 2 aromatic heterocycles. The molecule has 1 aliphatic heterocycles. The van der Waals surface area contributed by atoms with Crippen molar-refractivity contribution in [3.8, 4) is 11.6 Å². The lowest BCUT2D eigenvalue weighted by Crippen LogP contribution is -2.37. The van der Waals surface area contributed by atoms with E-state index in [4.69, 9.17) is 4.52 Å². The molecule has 0 saturated carbocycles. The predicted octanol–water partition coefficient (Wildman–Crippen LogP) is 2.43. The monoisotopic (exact) mass is 322 g/mol. The largest absolute Gasteiger partial charge is 0.337 e. The molecule has 1 saturated heterocycles. The van der Waals surface area contributed by atoms with Crippen molar-refractivity contribution in [2.75, 3.05) is 11.5 Å². The fraction of sp³-hybridized carbons (Fsp3) is 0.714. The van der Waals surface area contributed by atoms with E-state index in [0.29, 0.717) is 29.5 Å². The maximum Gasteiger partial charge on any atom is 0.244 e. The number of aromatic nitrogens is 5. The van der Waals surface area contributed by atoms with Crippen molar-refractivity contribution in [1.29, 1.82) is 0 Å². The van der Waals surface area contributed by atoms with Crippen LogP contribution < -0.4 is 5.32 Å². The number of hydrogen-bond acceptors (Lipinski definition) is 7. The van der Waals surface area contributed by atoms with E-state index in [0.717, 1.165) is 12.2 Å². The highest BCUT2D eigenvalue weighted by atomic mass is 32.2. The van der Waals surface area contributed by atoms with Gasteiger partial charge in [0.1, 0.15) is 6.33 Å². The van der Waals surface area contributed by atoms with Crippen LogP contribution in [0.4, 0.5) is 0 Å². The molecule has 2 aromatic rings. The summed E-state index contributed by atoms with van der Waals surface area (Å²) in [4.78, 5) is 8.55. The Morgan fingerprint density at radius 1 is 1.50 bits per heavy atom. The summed E-state index contributed by atoms with van der Waals surface area (Å²) >= 11 is 2.01. The molecule has 120 valence electrons. The van der Waals surface area contributed by atoms with E-state index in [-0.39, 0.29) is 6.04 Å². The summed E-state index contributed by atoms with van der Waals surface area (Å²) in [5.41, 5.74) is 0. The van der Waals surface area contributed by atoms with Crippen LogP contribution in [0.2, 0.25) is 0 Å². The molecule has 3 heterocycles. The number of thioether (sulfide) groups is 1. The standard InChI is InChI=1S/C14H22N6OS/c1-9(2)6-11(17-10-4-3-5-22-7-10)14-18-13(20-21-14)12-15-8-16-19-12/h8-11,17H,3-7H2,1-2H3,(H,15,16,19)/t10-,11+/m1/s1. The van der Waals surface area contributed by atoms with E-state index in [1.165, 1.54) is 24.9 Å². The highest BCUT2D eigenvalue weighted by Crippen LogP contribution is 2.25. The first-order valence-corrected chi connectivity index (χ1v) is 8.91. The second kappa shape index (κ2) is 7.23. The van der Waals surface area contributed by atoms with Gasteiger partial charge in [-0.2, -0.15) is 21.8 Å². The van der Waals surface area contributed by atoms with Crippen LogP contribution in [-0.4, -0.2) is 42.9 Å². The summed E-state index contributed by atoms with van der Waals surface area (Å²) in [5.74, 6) is 4.60. The molecule has 2 N–H and O–H groups in total. The second-order valence-corrected chi connectivity index (χ2v) is 7.20. The maximum absolute atomic E-state index is 5.47. The lowest BCUT2D eigenvalue weighted by atomic mass is 10.0. The smallest absolute Gasteiger partial charge is 0.244 e. The van der Waals surface area contributed by atoms with Crippen molar-refractivity contribution in [3.05, 3.63) is 12.2 Å². The Balaban J connectivity index is 1.73. The van der Waals surface area contributed by atoms with Gasteiger partial charge >= 0.3 is 0 Å². The number of nitrogens with zero attached hydrogens (tertiary/aromatic N) is 4. The molecular weight excluding hydrogens is 300 g/mol. The van der Waals surface area contributed by atoms with Gasteiger partial charge in [0, 0.05) is 11.8 Å². The summed E-state index contributed by atoms with van der Waals surface area (Å²) in [6.07, 6.45) is 4.89. The van der Waals surface area contributed by atoms with Crippen LogP contribution >= 0.6 is 11.8 Å². The molecule has 0 bridgehead atoms. The molecule has 0 aromatic carbocycles. The third kappa shape index (κ3) is 3.86. The SMILES string of the molecule is CC(C)C[C@H](N[C@@H]1CCCSC1)c1nc(-c2ncn[nH]2)no1. The number of H-pyrrole nitrogens is 1. The predicted molar refractivity (Wildman–Crippen MR) is 85.4 cm³/mol. The summed E-state index contributed by atoms with van der Waals surface area (Å²) in [6.45, 7) is 4.41. The van der Waals surface area contributed by atoms with Gasteiger partial charge < -0.3 is 9.84 Å². The van der Waals surface area contributed by atoms with Gasteiger partial charge in [-0.15, -0.1) is 0 Å². The average Bonchev–Trinajstić information content (AvgIpc) is 3.18. The van der Waals surface area contributed by atoms with E-state index < -0.39 is 0 Å².